The Morgan fingerprint density at radius 2 is 2.29 bits per heavy atom. The van der Waals surface area contributed by atoms with Crippen molar-refractivity contribution < 1.29 is 9.90 Å². The predicted octanol–water partition coefficient (Wildman–Crippen LogP) is 4.29. The van der Waals surface area contributed by atoms with E-state index >= 15 is 0 Å². The summed E-state index contributed by atoms with van der Waals surface area (Å²) >= 11 is 6.55. The van der Waals surface area contributed by atoms with Crippen LogP contribution in [0.1, 0.15) is 19.4 Å². The Kier molecular flexibility index (Phi) is 6.01. The molecule has 0 amide bonds. The third-order valence-electron chi connectivity index (χ3n) is 3.12. The van der Waals surface area contributed by atoms with Crippen LogP contribution < -0.4 is 0 Å². The van der Waals surface area contributed by atoms with E-state index in [1.54, 1.807) is 0 Å². The van der Waals surface area contributed by atoms with Gasteiger partial charge in [-0.2, -0.15) is 11.8 Å². The number of hydrogen-bond acceptors (Lipinski definition) is 4. The van der Waals surface area contributed by atoms with Gasteiger partial charge in [-0.15, -0.1) is 0 Å². The van der Waals surface area contributed by atoms with Crippen molar-refractivity contribution in [3.8, 4) is 0 Å². The lowest BCUT2D eigenvalue weighted by Crippen LogP contribution is -2.09. The molecular formula is C14H17BrN2O2S2. The fraction of sp³-hybridized carbons (Fsp3) is 0.429. The third-order valence-corrected chi connectivity index (χ3v) is 5.20. The summed E-state index contributed by atoms with van der Waals surface area (Å²) in [6, 6.07) is 6.29. The van der Waals surface area contributed by atoms with Crippen LogP contribution in [0.5, 0.6) is 0 Å². The zero-order valence-electron chi connectivity index (χ0n) is 11.9. The molecule has 4 nitrogen and oxygen atoms in total. The van der Waals surface area contributed by atoms with Gasteiger partial charge in [0, 0.05) is 10.5 Å². The number of aliphatic carboxylic acids is 1. The van der Waals surface area contributed by atoms with Gasteiger partial charge in [0.1, 0.15) is 0 Å². The van der Waals surface area contributed by atoms with Gasteiger partial charge in [-0.3, -0.25) is 4.79 Å². The Labute approximate surface area is 140 Å². The SMILES string of the molecule is CSCCC(C)n1c(SCC(=O)O)nc2cc(Br)ccc21. The van der Waals surface area contributed by atoms with Crippen LogP contribution in [0.4, 0.5) is 0 Å². The summed E-state index contributed by atoms with van der Waals surface area (Å²) in [6.07, 6.45) is 3.12. The van der Waals surface area contributed by atoms with Crippen LogP contribution in [-0.4, -0.2) is 38.4 Å². The average Bonchev–Trinajstić information content (AvgIpc) is 2.79. The number of nitrogens with zero attached hydrogens (tertiary/aromatic N) is 2. The van der Waals surface area contributed by atoms with E-state index in [0.29, 0.717) is 6.04 Å². The lowest BCUT2D eigenvalue weighted by atomic mass is 10.2. The van der Waals surface area contributed by atoms with Gasteiger partial charge in [0.05, 0.1) is 16.8 Å². The molecule has 1 N–H and O–H groups in total. The molecule has 2 aromatic rings. The maximum Gasteiger partial charge on any atom is 0.313 e. The molecule has 0 aliphatic carbocycles. The number of halogens is 1. The largest absolute Gasteiger partial charge is 0.481 e. The van der Waals surface area contributed by atoms with E-state index < -0.39 is 5.97 Å². The summed E-state index contributed by atoms with van der Waals surface area (Å²) in [7, 11) is 0. The van der Waals surface area contributed by atoms with Crippen LogP contribution in [-0.2, 0) is 4.79 Å². The Morgan fingerprint density at radius 1 is 1.52 bits per heavy atom. The van der Waals surface area contributed by atoms with Crippen LogP contribution in [0.15, 0.2) is 27.8 Å². The summed E-state index contributed by atoms with van der Waals surface area (Å²) in [5, 5.41) is 9.67. The highest BCUT2D eigenvalue weighted by molar-refractivity contribution is 9.10. The van der Waals surface area contributed by atoms with E-state index in [9.17, 15) is 4.79 Å². The normalized spacial score (nSPS) is 12.7. The second-order valence-electron chi connectivity index (χ2n) is 4.71. The first-order valence-corrected chi connectivity index (χ1v) is 9.71. The van der Waals surface area contributed by atoms with Crippen molar-refractivity contribution in [2.75, 3.05) is 17.8 Å². The molecule has 21 heavy (non-hydrogen) atoms. The Bertz CT molecular complexity index is 645. The smallest absolute Gasteiger partial charge is 0.313 e. The van der Waals surface area contributed by atoms with E-state index in [1.807, 2.05) is 30.0 Å². The molecule has 1 aromatic carbocycles. The van der Waals surface area contributed by atoms with Crippen LogP contribution in [0, 0.1) is 0 Å². The summed E-state index contributed by atoms with van der Waals surface area (Å²) in [6.45, 7) is 2.16. The summed E-state index contributed by atoms with van der Waals surface area (Å²) in [5.74, 6) is 0.275. The highest BCUT2D eigenvalue weighted by atomic mass is 79.9. The van der Waals surface area contributed by atoms with Crippen LogP contribution in [0.25, 0.3) is 11.0 Å². The lowest BCUT2D eigenvalue weighted by Gasteiger charge is -2.16. The van der Waals surface area contributed by atoms with Crippen molar-refractivity contribution >= 4 is 56.5 Å². The fourth-order valence-electron chi connectivity index (χ4n) is 2.12. The Morgan fingerprint density at radius 3 is 2.95 bits per heavy atom. The van der Waals surface area contributed by atoms with Gasteiger partial charge >= 0.3 is 5.97 Å². The van der Waals surface area contributed by atoms with Gasteiger partial charge < -0.3 is 9.67 Å². The molecule has 0 radical (unpaired) electrons. The van der Waals surface area contributed by atoms with Gasteiger partial charge in [0.15, 0.2) is 5.16 Å². The molecule has 1 aromatic heterocycles. The highest BCUT2D eigenvalue weighted by Crippen LogP contribution is 2.31. The maximum atomic E-state index is 10.8. The van der Waals surface area contributed by atoms with Crippen LogP contribution in [0.2, 0.25) is 0 Å². The number of carboxylic acid groups (broad SMARTS) is 1. The molecule has 1 unspecified atom stereocenters. The highest BCUT2D eigenvalue weighted by Gasteiger charge is 2.17. The van der Waals surface area contributed by atoms with Crippen molar-refractivity contribution in [2.24, 2.45) is 0 Å². The van der Waals surface area contributed by atoms with Crippen molar-refractivity contribution in [1.29, 1.82) is 0 Å². The Balaban J connectivity index is 2.41. The van der Waals surface area contributed by atoms with Crippen LogP contribution in [0.3, 0.4) is 0 Å². The molecule has 0 aliphatic rings. The number of benzene rings is 1. The monoisotopic (exact) mass is 388 g/mol. The van der Waals surface area contributed by atoms with Gasteiger partial charge in [-0.05, 0) is 43.6 Å². The van der Waals surface area contributed by atoms with E-state index in [0.717, 1.165) is 32.8 Å². The minimum Gasteiger partial charge on any atom is -0.481 e. The molecule has 1 atom stereocenters. The van der Waals surface area contributed by atoms with Crippen molar-refractivity contribution in [3.05, 3.63) is 22.7 Å². The van der Waals surface area contributed by atoms with E-state index in [4.69, 9.17) is 5.11 Å². The van der Waals surface area contributed by atoms with Gasteiger partial charge in [-0.1, -0.05) is 27.7 Å². The van der Waals surface area contributed by atoms with Gasteiger partial charge in [0.25, 0.3) is 0 Å². The maximum absolute atomic E-state index is 10.8. The molecule has 114 valence electrons. The fourth-order valence-corrected chi connectivity index (χ4v) is 3.88. The first-order valence-electron chi connectivity index (χ1n) is 6.54. The second kappa shape index (κ2) is 7.56. The van der Waals surface area contributed by atoms with Crippen molar-refractivity contribution in [2.45, 2.75) is 24.5 Å². The lowest BCUT2D eigenvalue weighted by molar-refractivity contribution is -0.133. The number of thioether (sulfide) groups is 2. The Hall–Kier alpha value is -0.660. The van der Waals surface area contributed by atoms with Gasteiger partial charge in [0.2, 0.25) is 0 Å². The second-order valence-corrected chi connectivity index (χ2v) is 7.55. The topological polar surface area (TPSA) is 55.1 Å². The first kappa shape index (κ1) is 16.7. The third kappa shape index (κ3) is 4.17. The standard InChI is InChI=1S/C14H17BrN2O2S2/c1-9(5-6-20-2)17-12-4-3-10(15)7-11(12)16-14(17)21-8-13(18)19/h3-4,7,9H,5-6,8H2,1-2H3,(H,18,19). The van der Waals surface area contributed by atoms with Crippen molar-refractivity contribution in [1.82, 2.24) is 9.55 Å². The molecule has 0 fully saturated rings. The minimum absolute atomic E-state index is 0.0275. The molecular weight excluding hydrogens is 372 g/mol. The number of carbonyl (C=O) groups is 1. The quantitative estimate of drug-likeness (QED) is 0.716. The number of carboxylic acids is 1. The van der Waals surface area contributed by atoms with Gasteiger partial charge in [-0.25, -0.2) is 4.98 Å². The number of fused-ring (bicyclic) bond motifs is 1. The molecule has 0 bridgehead atoms. The molecule has 7 heteroatoms. The predicted molar refractivity (Wildman–Crippen MR) is 93.5 cm³/mol. The minimum atomic E-state index is -0.823. The number of hydrogen-bond donors (Lipinski definition) is 1. The number of rotatable bonds is 7. The molecule has 0 saturated heterocycles. The zero-order valence-corrected chi connectivity index (χ0v) is 15.1. The summed E-state index contributed by atoms with van der Waals surface area (Å²) in [4.78, 5) is 15.4. The first-order chi connectivity index (χ1) is 10.0. The molecule has 0 spiro atoms. The molecule has 0 aliphatic heterocycles. The van der Waals surface area contributed by atoms with E-state index in [-0.39, 0.29) is 5.75 Å². The van der Waals surface area contributed by atoms with Crippen molar-refractivity contribution in [3.63, 3.8) is 0 Å². The van der Waals surface area contributed by atoms with Crippen LogP contribution >= 0.6 is 39.5 Å². The molecule has 2 rings (SSSR count). The number of imidazole rings is 1. The number of aromatic nitrogens is 2. The summed E-state index contributed by atoms with van der Waals surface area (Å²) < 4.78 is 3.14. The molecule has 1 heterocycles. The van der Waals surface area contributed by atoms with E-state index in [1.165, 1.54) is 11.8 Å². The molecule has 0 saturated carbocycles. The summed E-state index contributed by atoms with van der Waals surface area (Å²) in [5.41, 5.74) is 1.95. The average molecular weight is 389 g/mol. The van der Waals surface area contributed by atoms with E-state index in [2.05, 4.69) is 38.7 Å². The zero-order chi connectivity index (χ0) is 15.4.